The number of aromatic nitrogens is 4. The van der Waals surface area contributed by atoms with Crippen LogP contribution < -0.4 is 0 Å². The maximum atomic E-state index is 12.9. The first kappa shape index (κ1) is 15.6. The van der Waals surface area contributed by atoms with Crippen molar-refractivity contribution in [3.05, 3.63) is 60.0 Å². The first-order valence-electron chi connectivity index (χ1n) is 8.51. The van der Waals surface area contributed by atoms with Crippen LogP contribution >= 0.6 is 0 Å². The molecule has 1 saturated heterocycles. The zero-order chi connectivity index (χ0) is 17.4. The smallest absolute Gasteiger partial charge is 0.272 e. The van der Waals surface area contributed by atoms with Gasteiger partial charge in [-0.15, -0.1) is 0 Å². The minimum absolute atomic E-state index is 0.0311. The number of carbonyl (C=O) groups is 1. The van der Waals surface area contributed by atoms with Crippen molar-refractivity contribution in [1.29, 1.82) is 0 Å². The van der Waals surface area contributed by atoms with E-state index in [-0.39, 0.29) is 11.9 Å². The summed E-state index contributed by atoms with van der Waals surface area (Å²) >= 11 is 0. The number of nitrogens with zero attached hydrogens (tertiary/aromatic N) is 5. The molecule has 0 aliphatic carbocycles. The summed E-state index contributed by atoms with van der Waals surface area (Å²) < 4.78 is 3.65. The third-order valence-electron chi connectivity index (χ3n) is 4.72. The molecule has 1 fully saturated rings. The average Bonchev–Trinajstić information content (AvgIpc) is 3.34. The molecule has 4 rings (SSSR count). The largest absolute Gasteiger partial charge is 0.335 e. The number of carbonyl (C=O) groups excluding carboxylic acids is 1. The monoisotopic (exact) mass is 335 g/mol. The van der Waals surface area contributed by atoms with Crippen LogP contribution in [0.3, 0.4) is 0 Å². The summed E-state index contributed by atoms with van der Waals surface area (Å²) in [6, 6.07) is 12.1. The van der Waals surface area contributed by atoms with Gasteiger partial charge in [-0.05, 0) is 25.0 Å². The number of hydrogen-bond acceptors (Lipinski definition) is 3. The number of likely N-dealkylation sites (tertiary alicyclic amines) is 1. The van der Waals surface area contributed by atoms with Crippen LogP contribution in [-0.4, -0.2) is 43.5 Å². The van der Waals surface area contributed by atoms with Gasteiger partial charge in [0.25, 0.3) is 5.91 Å². The molecule has 128 valence electrons. The predicted octanol–water partition coefficient (Wildman–Crippen LogP) is 2.68. The molecule has 25 heavy (non-hydrogen) atoms. The average molecular weight is 335 g/mol. The van der Waals surface area contributed by atoms with Gasteiger partial charge in [0.2, 0.25) is 0 Å². The number of rotatable bonds is 3. The van der Waals surface area contributed by atoms with E-state index in [1.165, 1.54) is 0 Å². The van der Waals surface area contributed by atoms with Crippen molar-refractivity contribution in [3.63, 3.8) is 0 Å². The molecule has 3 aromatic rings. The highest BCUT2D eigenvalue weighted by Gasteiger charge is 2.30. The van der Waals surface area contributed by atoms with Crippen molar-refractivity contribution in [1.82, 2.24) is 24.5 Å². The number of amides is 1. The second-order valence-corrected chi connectivity index (χ2v) is 6.60. The molecule has 6 heteroatoms. The Balaban J connectivity index is 1.53. The van der Waals surface area contributed by atoms with Crippen LogP contribution in [0.1, 0.15) is 28.5 Å². The number of hydrogen-bond donors (Lipinski definition) is 0. The maximum absolute atomic E-state index is 12.9. The summed E-state index contributed by atoms with van der Waals surface area (Å²) in [5.74, 6) is 0.0311. The molecule has 0 radical (unpaired) electrons. The molecule has 1 amide bonds. The minimum atomic E-state index is 0.0311. The van der Waals surface area contributed by atoms with Crippen molar-refractivity contribution >= 4 is 5.91 Å². The summed E-state index contributed by atoms with van der Waals surface area (Å²) in [5, 5.41) is 8.89. The Bertz CT molecular complexity index is 896. The first-order chi connectivity index (χ1) is 12.1. The Morgan fingerprint density at radius 1 is 1.24 bits per heavy atom. The first-order valence-corrected chi connectivity index (χ1v) is 8.51. The van der Waals surface area contributed by atoms with Crippen molar-refractivity contribution in [2.24, 2.45) is 7.05 Å². The fourth-order valence-corrected chi connectivity index (χ4v) is 3.35. The van der Waals surface area contributed by atoms with Gasteiger partial charge in [0.1, 0.15) is 5.69 Å². The Morgan fingerprint density at radius 3 is 2.76 bits per heavy atom. The van der Waals surface area contributed by atoms with E-state index in [1.54, 1.807) is 4.68 Å². The Hall–Kier alpha value is -2.89. The lowest BCUT2D eigenvalue weighted by Crippen LogP contribution is -2.30. The predicted molar refractivity (Wildman–Crippen MR) is 95.2 cm³/mol. The highest BCUT2D eigenvalue weighted by Crippen LogP contribution is 2.24. The Labute approximate surface area is 146 Å². The van der Waals surface area contributed by atoms with Crippen LogP contribution in [0.5, 0.6) is 0 Å². The summed E-state index contributed by atoms with van der Waals surface area (Å²) in [7, 11) is 1.82. The van der Waals surface area contributed by atoms with Gasteiger partial charge >= 0.3 is 0 Å². The van der Waals surface area contributed by atoms with E-state index in [9.17, 15) is 4.79 Å². The molecule has 1 atom stereocenters. The van der Waals surface area contributed by atoms with Gasteiger partial charge in [0, 0.05) is 31.9 Å². The molecular weight excluding hydrogens is 314 g/mol. The minimum Gasteiger partial charge on any atom is -0.335 e. The highest BCUT2D eigenvalue weighted by molar-refractivity contribution is 5.94. The second kappa shape index (κ2) is 6.20. The second-order valence-electron chi connectivity index (χ2n) is 6.60. The maximum Gasteiger partial charge on any atom is 0.272 e. The lowest BCUT2D eigenvalue weighted by Gasteiger charge is -2.16. The van der Waals surface area contributed by atoms with Gasteiger partial charge in [-0.3, -0.25) is 14.2 Å². The number of aryl methyl sites for hydroxylation is 2. The van der Waals surface area contributed by atoms with Gasteiger partial charge in [-0.2, -0.15) is 10.2 Å². The van der Waals surface area contributed by atoms with Crippen LogP contribution in [-0.2, 0) is 7.05 Å². The summed E-state index contributed by atoms with van der Waals surface area (Å²) in [6.07, 6.45) is 4.82. The normalized spacial score (nSPS) is 17.2. The third kappa shape index (κ3) is 2.95. The van der Waals surface area contributed by atoms with Crippen molar-refractivity contribution in [2.45, 2.75) is 19.4 Å². The molecule has 2 aromatic heterocycles. The van der Waals surface area contributed by atoms with Gasteiger partial charge < -0.3 is 4.90 Å². The lowest BCUT2D eigenvalue weighted by atomic mass is 10.1. The Kier molecular flexibility index (Phi) is 3.87. The number of benzene rings is 1. The topological polar surface area (TPSA) is 56.0 Å². The molecule has 1 aliphatic rings. The molecule has 0 saturated carbocycles. The van der Waals surface area contributed by atoms with E-state index in [1.807, 2.05) is 72.3 Å². The van der Waals surface area contributed by atoms with E-state index < -0.39 is 0 Å². The molecule has 3 heterocycles. The van der Waals surface area contributed by atoms with E-state index in [2.05, 4.69) is 10.2 Å². The molecule has 1 aliphatic heterocycles. The summed E-state index contributed by atoms with van der Waals surface area (Å²) in [6.45, 7) is 3.46. The van der Waals surface area contributed by atoms with Gasteiger partial charge in [-0.1, -0.05) is 30.3 Å². The van der Waals surface area contributed by atoms with Crippen LogP contribution in [0.4, 0.5) is 0 Å². The SMILES string of the molecule is Cc1cnn(C2CCN(C(=O)c3cc(-c4ccccc4)nn3C)C2)c1. The van der Waals surface area contributed by atoms with E-state index in [0.29, 0.717) is 12.2 Å². The standard InChI is InChI=1S/C19H21N5O/c1-14-11-20-24(12-14)16-8-9-23(13-16)19(25)18-10-17(21-22(18)2)15-6-4-3-5-7-15/h3-7,10-12,16H,8-9,13H2,1-2H3. The fourth-order valence-electron chi connectivity index (χ4n) is 3.35. The van der Waals surface area contributed by atoms with E-state index in [0.717, 1.165) is 29.8 Å². The molecule has 0 bridgehead atoms. The van der Waals surface area contributed by atoms with Gasteiger partial charge in [0.15, 0.2) is 0 Å². The molecule has 6 nitrogen and oxygen atoms in total. The van der Waals surface area contributed by atoms with Crippen LogP contribution in [0.25, 0.3) is 11.3 Å². The lowest BCUT2D eigenvalue weighted by molar-refractivity contribution is 0.0776. The molecular formula is C19H21N5O. The fraction of sp³-hybridized carbons (Fsp3) is 0.316. The zero-order valence-corrected chi connectivity index (χ0v) is 14.5. The van der Waals surface area contributed by atoms with Crippen LogP contribution in [0, 0.1) is 6.92 Å². The van der Waals surface area contributed by atoms with Gasteiger partial charge in [-0.25, -0.2) is 0 Å². The van der Waals surface area contributed by atoms with E-state index in [4.69, 9.17) is 0 Å². The van der Waals surface area contributed by atoms with Crippen molar-refractivity contribution < 1.29 is 4.79 Å². The summed E-state index contributed by atoms with van der Waals surface area (Å²) in [5.41, 5.74) is 3.61. The van der Waals surface area contributed by atoms with Crippen LogP contribution in [0.2, 0.25) is 0 Å². The van der Waals surface area contributed by atoms with Crippen molar-refractivity contribution in [2.75, 3.05) is 13.1 Å². The molecule has 1 unspecified atom stereocenters. The molecule has 1 aromatic carbocycles. The van der Waals surface area contributed by atoms with Crippen molar-refractivity contribution in [3.8, 4) is 11.3 Å². The van der Waals surface area contributed by atoms with Gasteiger partial charge in [0.05, 0.1) is 17.9 Å². The molecule has 0 spiro atoms. The Morgan fingerprint density at radius 2 is 2.04 bits per heavy atom. The summed E-state index contributed by atoms with van der Waals surface area (Å²) in [4.78, 5) is 14.8. The zero-order valence-electron chi connectivity index (χ0n) is 14.5. The van der Waals surface area contributed by atoms with E-state index >= 15 is 0 Å². The highest BCUT2D eigenvalue weighted by atomic mass is 16.2. The molecule has 0 N–H and O–H groups in total. The quantitative estimate of drug-likeness (QED) is 0.739. The van der Waals surface area contributed by atoms with Crippen LogP contribution in [0.15, 0.2) is 48.8 Å². The third-order valence-corrected chi connectivity index (χ3v) is 4.72.